The maximum atomic E-state index is 11.8. The Kier molecular flexibility index (Phi) is 7.31. The number of anilines is 1. The van der Waals surface area contributed by atoms with Crippen molar-refractivity contribution in [3.05, 3.63) is 54.6 Å². The number of esters is 1. The van der Waals surface area contributed by atoms with Crippen molar-refractivity contribution in [1.82, 2.24) is 5.32 Å². The predicted octanol–water partition coefficient (Wildman–Crippen LogP) is 3.94. The maximum absolute atomic E-state index is 11.8. The van der Waals surface area contributed by atoms with Gasteiger partial charge in [-0.3, -0.25) is 4.79 Å². The van der Waals surface area contributed by atoms with Gasteiger partial charge in [-0.2, -0.15) is 0 Å². The Morgan fingerprint density at radius 3 is 2.32 bits per heavy atom. The molecule has 6 nitrogen and oxygen atoms in total. The molecule has 2 amide bonds. The number of ether oxygens (including phenoxy) is 2. The van der Waals surface area contributed by atoms with Gasteiger partial charge in [0, 0.05) is 18.7 Å². The topological polar surface area (TPSA) is 76.7 Å². The van der Waals surface area contributed by atoms with Crippen LogP contribution < -0.4 is 15.4 Å². The molecule has 0 bridgehead atoms. The Hall–Kier alpha value is -3.02. The highest BCUT2D eigenvalue weighted by Gasteiger charge is 2.04. The summed E-state index contributed by atoms with van der Waals surface area (Å²) in [5, 5.41) is 5.42. The molecular formula is C19H22N2O4. The van der Waals surface area contributed by atoms with Crippen LogP contribution in [0.25, 0.3) is 0 Å². The lowest BCUT2D eigenvalue weighted by atomic mass is 10.3. The average Bonchev–Trinajstić information content (AvgIpc) is 2.62. The zero-order chi connectivity index (χ0) is 17.9. The van der Waals surface area contributed by atoms with E-state index in [1.54, 1.807) is 31.2 Å². The van der Waals surface area contributed by atoms with Crippen LogP contribution in [0.1, 0.15) is 19.8 Å². The number of benzene rings is 2. The number of amides is 2. The fourth-order valence-electron chi connectivity index (χ4n) is 2.07. The summed E-state index contributed by atoms with van der Waals surface area (Å²) >= 11 is 0. The molecule has 0 aliphatic rings. The Morgan fingerprint density at radius 2 is 1.64 bits per heavy atom. The number of carbonyl (C=O) groups is 2. The molecule has 2 N–H and O–H groups in total. The summed E-state index contributed by atoms with van der Waals surface area (Å²) in [6.07, 6.45) is 0.829. The lowest BCUT2D eigenvalue weighted by molar-refractivity contribution is -0.143. The first-order chi connectivity index (χ1) is 12.2. The van der Waals surface area contributed by atoms with E-state index in [-0.39, 0.29) is 12.0 Å². The van der Waals surface area contributed by atoms with Crippen molar-refractivity contribution >= 4 is 17.7 Å². The van der Waals surface area contributed by atoms with E-state index >= 15 is 0 Å². The summed E-state index contributed by atoms with van der Waals surface area (Å²) < 4.78 is 10.5. The number of carbonyl (C=O) groups excluding carboxylic acids is 2. The maximum Gasteiger partial charge on any atom is 0.319 e. The highest BCUT2D eigenvalue weighted by Crippen LogP contribution is 2.22. The van der Waals surface area contributed by atoms with Crippen LogP contribution in [-0.4, -0.2) is 25.2 Å². The van der Waals surface area contributed by atoms with E-state index in [0.29, 0.717) is 37.4 Å². The second-order valence-electron chi connectivity index (χ2n) is 5.23. The van der Waals surface area contributed by atoms with Gasteiger partial charge < -0.3 is 20.1 Å². The predicted molar refractivity (Wildman–Crippen MR) is 95.8 cm³/mol. The molecule has 6 heteroatoms. The molecule has 0 spiro atoms. The van der Waals surface area contributed by atoms with E-state index < -0.39 is 0 Å². The molecule has 0 saturated carbocycles. The molecule has 2 aromatic carbocycles. The molecule has 2 rings (SSSR count). The van der Waals surface area contributed by atoms with Crippen molar-refractivity contribution in [3.8, 4) is 11.5 Å². The van der Waals surface area contributed by atoms with Crippen LogP contribution in [0.2, 0.25) is 0 Å². The van der Waals surface area contributed by atoms with E-state index in [4.69, 9.17) is 9.47 Å². The SMILES string of the molecule is CCOC(=O)CCCNC(=O)Nc1ccc(Oc2ccccc2)cc1. The summed E-state index contributed by atoms with van der Waals surface area (Å²) in [5.41, 5.74) is 0.656. The van der Waals surface area contributed by atoms with Crippen LogP contribution in [0.4, 0.5) is 10.5 Å². The second kappa shape index (κ2) is 9.97. The highest BCUT2D eigenvalue weighted by molar-refractivity contribution is 5.89. The summed E-state index contributed by atoms with van der Waals surface area (Å²) in [6, 6.07) is 16.2. The molecule has 2 aromatic rings. The number of nitrogens with one attached hydrogen (secondary N) is 2. The van der Waals surface area contributed by atoms with E-state index in [0.717, 1.165) is 5.75 Å². The fraction of sp³-hybridized carbons (Fsp3) is 0.263. The Labute approximate surface area is 147 Å². The summed E-state index contributed by atoms with van der Waals surface area (Å²) in [4.78, 5) is 23.0. The smallest absolute Gasteiger partial charge is 0.319 e. The normalized spacial score (nSPS) is 9.96. The van der Waals surface area contributed by atoms with Crippen LogP contribution in [0.3, 0.4) is 0 Å². The van der Waals surface area contributed by atoms with Gasteiger partial charge in [-0.1, -0.05) is 18.2 Å². The van der Waals surface area contributed by atoms with Crippen molar-refractivity contribution in [1.29, 1.82) is 0 Å². The average molecular weight is 342 g/mol. The minimum Gasteiger partial charge on any atom is -0.466 e. The number of urea groups is 1. The number of hydrogen-bond acceptors (Lipinski definition) is 4. The van der Waals surface area contributed by atoms with Gasteiger partial charge in [0.05, 0.1) is 6.61 Å². The van der Waals surface area contributed by atoms with Gasteiger partial charge in [-0.15, -0.1) is 0 Å². The van der Waals surface area contributed by atoms with E-state index in [1.807, 2.05) is 30.3 Å². The van der Waals surface area contributed by atoms with Crippen molar-refractivity contribution in [2.24, 2.45) is 0 Å². The Bertz CT molecular complexity index is 672. The van der Waals surface area contributed by atoms with E-state index in [9.17, 15) is 9.59 Å². The first-order valence-corrected chi connectivity index (χ1v) is 8.21. The van der Waals surface area contributed by atoms with Gasteiger partial charge in [-0.05, 0) is 49.7 Å². The van der Waals surface area contributed by atoms with Gasteiger partial charge in [0.15, 0.2) is 0 Å². The third-order valence-corrected chi connectivity index (χ3v) is 3.24. The molecule has 0 fully saturated rings. The van der Waals surface area contributed by atoms with Gasteiger partial charge in [0.25, 0.3) is 0 Å². The largest absolute Gasteiger partial charge is 0.466 e. The van der Waals surface area contributed by atoms with Crippen molar-refractivity contribution in [3.63, 3.8) is 0 Å². The highest BCUT2D eigenvalue weighted by atomic mass is 16.5. The third-order valence-electron chi connectivity index (χ3n) is 3.24. The van der Waals surface area contributed by atoms with Crippen LogP contribution in [0.15, 0.2) is 54.6 Å². The van der Waals surface area contributed by atoms with Crippen LogP contribution in [0, 0.1) is 0 Å². The molecule has 25 heavy (non-hydrogen) atoms. The van der Waals surface area contributed by atoms with E-state index in [2.05, 4.69) is 10.6 Å². The number of para-hydroxylation sites is 1. The minimum atomic E-state index is -0.319. The van der Waals surface area contributed by atoms with Crippen molar-refractivity contribution in [2.45, 2.75) is 19.8 Å². The standard InChI is InChI=1S/C19H22N2O4/c1-2-24-18(22)9-6-14-20-19(23)21-15-10-12-17(13-11-15)25-16-7-4-3-5-8-16/h3-5,7-8,10-13H,2,6,9,14H2,1H3,(H2,20,21,23). The van der Waals surface area contributed by atoms with Gasteiger partial charge in [0.1, 0.15) is 11.5 Å². The minimum absolute atomic E-state index is 0.251. The van der Waals surface area contributed by atoms with Gasteiger partial charge in [-0.25, -0.2) is 4.79 Å². The van der Waals surface area contributed by atoms with Crippen LogP contribution in [-0.2, 0) is 9.53 Å². The third kappa shape index (κ3) is 6.95. The summed E-state index contributed by atoms with van der Waals surface area (Å²) in [7, 11) is 0. The molecular weight excluding hydrogens is 320 g/mol. The lowest BCUT2D eigenvalue weighted by Gasteiger charge is -2.09. The zero-order valence-corrected chi connectivity index (χ0v) is 14.2. The second-order valence-corrected chi connectivity index (χ2v) is 5.23. The first kappa shape index (κ1) is 18.3. The van der Waals surface area contributed by atoms with Crippen molar-refractivity contribution < 1.29 is 19.1 Å². The molecule has 0 atom stereocenters. The molecule has 0 aliphatic heterocycles. The molecule has 0 heterocycles. The molecule has 0 unspecified atom stereocenters. The monoisotopic (exact) mass is 342 g/mol. The van der Waals surface area contributed by atoms with Gasteiger partial charge in [0.2, 0.25) is 0 Å². The van der Waals surface area contributed by atoms with E-state index in [1.165, 1.54) is 0 Å². The zero-order valence-electron chi connectivity index (χ0n) is 14.2. The van der Waals surface area contributed by atoms with Gasteiger partial charge >= 0.3 is 12.0 Å². The van der Waals surface area contributed by atoms with Crippen LogP contribution in [0.5, 0.6) is 11.5 Å². The summed E-state index contributed by atoms with van der Waals surface area (Å²) in [5.74, 6) is 1.19. The molecule has 132 valence electrons. The Balaban J connectivity index is 1.71. The first-order valence-electron chi connectivity index (χ1n) is 8.21. The molecule has 0 radical (unpaired) electrons. The number of hydrogen-bond donors (Lipinski definition) is 2. The summed E-state index contributed by atoms with van der Waals surface area (Å²) in [6.45, 7) is 2.54. The van der Waals surface area contributed by atoms with Crippen molar-refractivity contribution in [2.75, 3.05) is 18.5 Å². The van der Waals surface area contributed by atoms with Crippen LogP contribution >= 0.6 is 0 Å². The fourth-order valence-corrected chi connectivity index (χ4v) is 2.07. The molecule has 0 saturated heterocycles. The quantitative estimate of drug-likeness (QED) is 0.563. The molecule has 0 aliphatic carbocycles. The Morgan fingerprint density at radius 1 is 0.960 bits per heavy atom. The molecule has 0 aromatic heterocycles. The lowest BCUT2D eigenvalue weighted by Crippen LogP contribution is -2.29. The number of rotatable bonds is 8.